The van der Waals surface area contributed by atoms with E-state index in [-0.39, 0.29) is 13.0 Å². The van der Waals surface area contributed by atoms with Crippen LogP contribution in [0.5, 0.6) is 5.75 Å². The van der Waals surface area contributed by atoms with Crippen LogP contribution in [-0.4, -0.2) is 64.7 Å². The van der Waals surface area contributed by atoms with Gasteiger partial charge >= 0.3 is 18.2 Å². The van der Waals surface area contributed by atoms with Crippen molar-refractivity contribution in [3.63, 3.8) is 0 Å². The van der Waals surface area contributed by atoms with Gasteiger partial charge in [0, 0.05) is 0 Å². The Hall–Kier alpha value is -3.07. The first-order valence-electron chi connectivity index (χ1n) is 11.3. The molecule has 1 N–H and O–H groups in total. The van der Waals surface area contributed by atoms with E-state index in [1.807, 2.05) is 37.3 Å². The van der Waals surface area contributed by atoms with Gasteiger partial charge in [-0.05, 0) is 66.0 Å². The average molecular weight is 478 g/mol. The lowest BCUT2D eigenvalue weighted by Gasteiger charge is -2.32. The molecule has 0 bridgehead atoms. The largest absolute Gasteiger partial charge is 0.488 e. The molecule has 188 valence electrons. The van der Waals surface area contributed by atoms with E-state index in [0.717, 1.165) is 5.57 Å². The van der Waals surface area contributed by atoms with Crippen LogP contribution in [0.3, 0.4) is 0 Å². The molecule has 2 rings (SSSR count). The molecule has 9 nitrogen and oxygen atoms in total. The summed E-state index contributed by atoms with van der Waals surface area (Å²) < 4.78 is 23.0. The number of para-hydroxylation sites is 1. The fourth-order valence-corrected chi connectivity index (χ4v) is 3.59. The third-order valence-electron chi connectivity index (χ3n) is 5.03. The Labute approximate surface area is 200 Å². The quantitative estimate of drug-likeness (QED) is 0.460. The highest BCUT2D eigenvalue weighted by molar-refractivity contribution is 5.93. The molecule has 0 saturated carbocycles. The van der Waals surface area contributed by atoms with E-state index < -0.39 is 48.1 Å². The number of esters is 1. The van der Waals surface area contributed by atoms with Crippen molar-refractivity contribution in [1.29, 1.82) is 0 Å². The minimum Gasteiger partial charge on any atom is -0.488 e. The number of carbonyl (C=O) groups excluding carboxylic acids is 2. The summed E-state index contributed by atoms with van der Waals surface area (Å²) in [6.07, 6.45) is -3.74. The van der Waals surface area contributed by atoms with Gasteiger partial charge in [-0.2, -0.15) is 4.90 Å². The van der Waals surface area contributed by atoms with Crippen LogP contribution in [0.25, 0.3) is 0 Å². The number of cyclic esters (lactones) is 1. The molecule has 2 amide bonds. The Morgan fingerprint density at radius 2 is 1.85 bits per heavy atom. The molecule has 1 fully saturated rings. The molecule has 34 heavy (non-hydrogen) atoms. The second-order valence-electron chi connectivity index (χ2n) is 9.42. The van der Waals surface area contributed by atoms with E-state index in [2.05, 4.69) is 6.58 Å². The molecule has 0 aliphatic carbocycles. The first kappa shape index (κ1) is 27.2. The number of hydrogen-bond acceptors (Lipinski definition) is 7. The SMILES string of the molecule is C=C(C)CO[C@H]1[C@H](C)OC(=O)[C@@H](N(C(=O)O)C(=O)OC(C)(C)C)CCC[C@@H]1Oc1ccccc1. The molecular formula is C25H35NO8. The second kappa shape index (κ2) is 11.9. The highest BCUT2D eigenvalue weighted by atomic mass is 16.6. The van der Waals surface area contributed by atoms with Crippen molar-refractivity contribution in [3.8, 4) is 5.75 Å². The van der Waals surface area contributed by atoms with Crippen molar-refractivity contribution in [3.05, 3.63) is 42.5 Å². The van der Waals surface area contributed by atoms with E-state index >= 15 is 0 Å². The van der Waals surface area contributed by atoms with Gasteiger partial charge in [-0.15, -0.1) is 0 Å². The summed E-state index contributed by atoms with van der Waals surface area (Å²) in [5, 5.41) is 9.71. The summed E-state index contributed by atoms with van der Waals surface area (Å²) in [7, 11) is 0. The molecule has 1 aromatic carbocycles. The Bertz CT molecular complexity index is 863. The molecule has 4 atom stereocenters. The number of carboxylic acid groups (broad SMARTS) is 1. The van der Waals surface area contributed by atoms with Crippen LogP contribution in [0.1, 0.15) is 53.9 Å². The summed E-state index contributed by atoms with van der Waals surface area (Å²) >= 11 is 0. The van der Waals surface area contributed by atoms with Crippen LogP contribution >= 0.6 is 0 Å². The smallest absolute Gasteiger partial charge is 0.420 e. The Morgan fingerprint density at radius 3 is 2.41 bits per heavy atom. The molecule has 0 spiro atoms. The maximum Gasteiger partial charge on any atom is 0.420 e. The van der Waals surface area contributed by atoms with Crippen molar-refractivity contribution < 1.29 is 38.4 Å². The highest BCUT2D eigenvalue weighted by Gasteiger charge is 2.42. The van der Waals surface area contributed by atoms with Crippen LogP contribution in [-0.2, 0) is 19.0 Å². The standard InChI is InChI=1S/C25H35NO8/c1-16(2)15-31-21-17(3)32-22(27)19(26(23(28)29)24(30)34-25(4,5)6)13-10-14-20(21)33-18-11-8-7-9-12-18/h7-9,11-12,17,19-21H,1,10,13-15H2,2-6H3,(H,28,29)/t17-,19-,20-,21-/m0/s1. The fourth-order valence-electron chi connectivity index (χ4n) is 3.59. The molecular weight excluding hydrogens is 442 g/mol. The van der Waals surface area contributed by atoms with Gasteiger partial charge in [0.1, 0.15) is 35.7 Å². The zero-order valence-corrected chi connectivity index (χ0v) is 20.5. The summed E-state index contributed by atoms with van der Waals surface area (Å²) in [5.74, 6) is -0.211. The second-order valence-corrected chi connectivity index (χ2v) is 9.42. The van der Waals surface area contributed by atoms with Gasteiger partial charge in [0.05, 0.1) is 6.61 Å². The zero-order chi connectivity index (χ0) is 25.5. The first-order chi connectivity index (χ1) is 15.9. The number of nitrogens with zero attached hydrogens (tertiary/aromatic N) is 1. The molecule has 1 heterocycles. The maximum atomic E-state index is 13.0. The van der Waals surface area contributed by atoms with Gasteiger partial charge in [-0.3, -0.25) is 0 Å². The number of rotatable bonds is 6. The fraction of sp³-hybridized carbons (Fsp3) is 0.560. The molecule has 0 unspecified atom stereocenters. The minimum atomic E-state index is -1.59. The van der Waals surface area contributed by atoms with Gasteiger partial charge < -0.3 is 24.1 Å². The van der Waals surface area contributed by atoms with E-state index in [9.17, 15) is 19.5 Å². The molecule has 0 aromatic heterocycles. The normalized spacial score (nSPS) is 23.5. The van der Waals surface area contributed by atoms with E-state index in [4.69, 9.17) is 18.9 Å². The molecule has 1 saturated heterocycles. The Morgan fingerprint density at radius 1 is 1.21 bits per heavy atom. The summed E-state index contributed by atoms with van der Waals surface area (Å²) in [5.41, 5.74) is -0.145. The Kier molecular flexibility index (Phi) is 9.49. The number of carbonyl (C=O) groups is 3. The predicted octanol–water partition coefficient (Wildman–Crippen LogP) is 4.79. The van der Waals surface area contributed by atoms with Crippen molar-refractivity contribution >= 4 is 18.2 Å². The number of benzene rings is 1. The van der Waals surface area contributed by atoms with Gasteiger partial charge in [-0.1, -0.05) is 30.4 Å². The number of ether oxygens (including phenoxy) is 4. The van der Waals surface area contributed by atoms with Crippen molar-refractivity contribution in [1.82, 2.24) is 4.90 Å². The summed E-state index contributed by atoms with van der Waals surface area (Å²) in [6.45, 7) is 12.4. The lowest BCUT2D eigenvalue weighted by atomic mass is 10.0. The zero-order valence-electron chi connectivity index (χ0n) is 20.5. The summed E-state index contributed by atoms with van der Waals surface area (Å²) in [6, 6.07) is 7.84. The van der Waals surface area contributed by atoms with Crippen molar-refractivity contribution in [2.24, 2.45) is 0 Å². The molecule has 1 aliphatic rings. The van der Waals surface area contributed by atoms with Gasteiger partial charge in [0.2, 0.25) is 0 Å². The van der Waals surface area contributed by atoms with Gasteiger partial charge in [0.15, 0.2) is 0 Å². The topological polar surface area (TPSA) is 112 Å². The Balaban J connectivity index is 2.32. The highest BCUT2D eigenvalue weighted by Crippen LogP contribution is 2.26. The summed E-state index contributed by atoms with van der Waals surface area (Å²) in [4.78, 5) is 38.0. The van der Waals surface area contributed by atoms with Crippen LogP contribution in [0, 0.1) is 0 Å². The van der Waals surface area contributed by atoms with E-state index in [0.29, 0.717) is 23.5 Å². The van der Waals surface area contributed by atoms with Crippen LogP contribution in [0.2, 0.25) is 0 Å². The third-order valence-corrected chi connectivity index (χ3v) is 5.03. The lowest BCUT2D eigenvalue weighted by molar-refractivity contribution is -0.165. The first-order valence-corrected chi connectivity index (χ1v) is 11.3. The van der Waals surface area contributed by atoms with Crippen LogP contribution in [0.4, 0.5) is 9.59 Å². The average Bonchev–Trinajstić information content (AvgIpc) is 2.75. The van der Waals surface area contributed by atoms with Crippen molar-refractivity contribution in [2.75, 3.05) is 6.61 Å². The number of amides is 2. The molecule has 1 aromatic rings. The minimum absolute atomic E-state index is 0.0545. The van der Waals surface area contributed by atoms with Crippen LogP contribution < -0.4 is 4.74 Å². The van der Waals surface area contributed by atoms with Crippen LogP contribution in [0.15, 0.2) is 42.5 Å². The number of imide groups is 1. The van der Waals surface area contributed by atoms with Crippen molar-refractivity contribution in [2.45, 2.75) is 83.8 Å². The molecule has 9 heteroatoms. The lowest BCUT2D eigenvalue weighted by Crippen LogP contribution is -2.51. The molecule has 1 aliphatic heterocycles. The number of hydrogen-bond donors (Lipinski definition) is 1. The van der Waals surface area contributed by atoms with Gasteiger partial charge in [-0.25, -0.2) is 14.4 Å². The monoisotopic (exact) mass is 477 g/mol. The predicted molar refractivity (Wildman–Crippen MR) is 125 cm³/mol. The molecule has 0 radical (unpaired) electrons. The van der Waals surface area contributed by atoms with E-state index in [1.165, 1.54) is 0 Å². The third kappa shape index (κ3) is 8.06. The van der Waals surface area contributed by atoms with E-state index in [1.54, 1.807) is 27.7 Å². The maximum absolute atomic E-state index is 13.0. The van der Waals surface area contributed by atoms with Gasteiger partial charge in [0.25, 0.3) is 0 Å².